The normalized spacial score (nSPS) is 17.8. The summed E-state index contributed by atoms with van der Waals surface area (Å²) in [6.07, 6.45) is 6.91. The summed E-state index contributed by atoms with van der Waals surface area (Å²) in [5.74, 6) is 1.57. The molecule has 2 heterocycles. The molecule has 2 aromatic carbocycles. The molecule has 1 saturated heterocycles. The van der Waals surface area contributed by atoms with E-state index < -0.39 is 0 Å². The molecule has 1 amide bonds. The number of carbonyl (C=O) groups excluding carboxylic acids is 1. The third-order valence-corrected chi connectivity index (χ3v) is 6.00. The number of carbonyl (C=O) groups is 1. The standard InChI is InChI=1S/C25H30N2O2/c1-18(2)17-23(26-14-6-7-15-26)25(28)27-16-8-11-22(27)20-12-13-24(29-3)21-10-5-4-9-19(20)21/h4-7,9-10,12-15,18,22-23H,8,11,16-17H2,1-3H3/t22-,23-/m1/s1. The number of aromatic nitrogens is 1. The van der Waals surface area contributed by atoms with E-state index >= 15 is 0 Å². The number of benzene rings is 2. The summed E-state index contributed by atoms with van der Waals surface area (Å²) in [6, 6.07) is 16.5. The minimum atomic E-state index is -0.143. The van der Waals surface area contributed by atoms with E-state index in [0.717, 1.165) is 36.9 Å². The predicted octanol–water partition coefficient (Wildman–Crippen LogP) is 5.60. The molecule has 1 aliphatic heterocycles. The second kappa shape index (κ2) is 8.32. The number of amides is 1. The maximum absolute atomic E-state index is 13.7. The zero-order valence-electron chi connectivity index (χ0n) is 17.5. The maximum Gasteiger partial charge on any atom is 0.246 e. The van der Waals surface area contributed by atoms with Crippen molar-refractivity contribution in [1.82, 2.24) is 9.47 Å². The van der Waals surface area contributed by atoms with Crippen LogP contribution in [0, 0.1) is 5.92 Å². The van der Waals surface area contributed by atoms with Gasteiger partial charge >= 0.3 is 0 Å². The first-order valence-corrected chi connectivity index (χ1v) is 10.6. The zero-order chi connectivity index (χ0) is 20.4. The third kappa shape index (κ3) is 3.76. The van der Waals surface area contributed by atoms with Gasteiger partial charge < -0.3 is 14.2 Å². The molecule has 4 heteroatoms. The van der Waals surface area contributed by atoms with E-state index in [1.54, 1.807) is 7.11 Å². The lowest BCUT2D eigenvalue weighted by atomic mass is 9.95. The molecule has 0 bridgehead atoms. The molecule has 0 aliphatic carbocycles. The second-order valence-corrected chi connectivity index (χ2v) is 8.37. The highest BCUT2D eigenvalue weighted by atomic mass is 16.5. The Balaban J connectivity index is 1.71. The zero-order valence-corrected chi connectivity index (χ0v) is 17.5. The van der Waals surface area contributed by atoms with Gasteiger partial charge in [0.15, 0.2) is 0 Å². The Morgan fingerprint density at radius 1 is 1.07 bits per heavy atom. The summed E-state index contributed by atoms with van der Waals surface area (Å²) in [4.78, 5) is 15.8. The molecule has 0 unspecified atom stereocenters. The van der Waals surface area contributed by atoms with Gasteiger partial charge in [-0.2, -0.15) is 0 Å². The average Bonchev–Trinajstić information content (AvgIpc) is 3.42. The van der Waals surface area contributed by atoms with E-state index in [-0.39, 0.29) is 18.0 Å². The van der Waals surface area contributed by atoms with Crippen LogP contribution in [0.2, 0.25) is 0 Å². The van der Waals surface area contributed by atoms with Crippen molar-refractivity contribution in [1.29, 1.82) is 0 Å². The van der Waals surface area contributed by atoms with Crippen molar-refractivity contribution in [3.05, 3.63) is 66.5 Å². The highest BCUT2D eigenvalue weighted by Crippen LogP contribution is 2.40. The third-order valence-electron chi connectivity index (χ3n) is 6.00. The van der Waals surface area contributed by atoms with E-state index in [0.29, 0.717) is 5.92 Å². The van der Waals surface area contributed by atoms with E-state index in [4.69, 9.17) is 4.74 Å². The van der Waals surface area contributed by atoms with Gasteiger partial charge in [0.05, 0.1) is 13.2 Å². The predicted molar refractivity (Wildman–Crippen MR) is 117 cm³/mol. The molecule has 0 N–H and O–H groups in total. The molecule has 29 heavy (non-hydrogen) atoms. The number of fused-ring (bicyclic) bond motifs is 1. The molecule has 4 nitrogen and oxygen atoms in total. The molecule has 3 aromatic rings. The van der Waals surface area contributed by atoms with E-state index in [1.807, 2.05) is 36.7 Å². The van der Waals surface area contributed by atoms with Crippen LogP contribution in [0.15, 0.2) is 60.9 Å². The summed E-state index contributed by atoms with van der Waals surface area (Å²) >= 11 is 0. The number of likely N-dealkylation sites (tertiary alicyclic amines) is 1. The fourth-order valence-electron chi connectivity index (χ4n) is 4.66. The molecule has 0 spiro atoms. The number of rotatable bonds is 6. The lowest BCUT2D eigenvalue weighted by Crippen LogP contribution is -2.37. The largest absolute Gasteiger partial charge is 0.496 e. The van der Waals surface area contributed by atoms with Crippen molar-refractivity contribution in [2.75, 3.05) is 13.7 Å². The van der Waals surface area contributed by atoms with Crippen LogP contribution in [0.1, 0.15) is 50.8 Å². The average molecular weight is 391 g/mol. The lowest BCUT2D eigenvalue weighted by molar-refractivity contribution is -0.136. The first kappa shape index (κ1) is 19.6. The number of nitrogens with zero attached hydrogens (tertiary/aromatic N) is 2. The van der Waals surface area contributed by atoms with Crippen LogP contribution in [0.5, 0.6) is 5.75 Å². The Hall–Kier alpha value is -2.75. The number of hydrogen-bond donors (Lipinski definition) is 0. The fourth-order valence-corrected chi connectivity index (χ4v) is 4.66. The number of hydrogen-bond acceptors (Lipinski definition) is 2. The van der Waals surface area contributed by atoms with Gasteiger partial charge in [-0.05, 0) is 54.3 Å². The van der Waals surface area contributed by atoms with Gasteiger partial charge in [-0.25, -0.2) is 0 Å². The van der Waals surface area contributed by atoms with Crippen molar-refractivity contribution in [3.63, 3.8) is 0 Å². The Bertz CT molecular complexity index is 978. The van der Waals surface area contributed by atoms with Gasteiger partial charge in [-0.3, -0.25) is 4.79 Å². The summed E-state index contributed by atoms with van der Waals surface area (Å²) in [7, 11) is 1.71. The Morgan fingerprint density at radius 3 is 2.48 bits per heavy atom. The van der Waals surface area contributed by atoms with Crippen molar-refractivity contribution < 1.29 is 9.53 Å². The molecule has 1 aliphatic rings. The molecule has 4 rings (SSSR count). The molecule has 2 atom stereocenters. The van der Waals surface area contributed by atoms with E-state index in [9.17, 15) is 4.79 Å². The minimum absolute atomic E-state index is 0.114. The van der Waals surface area contributed by atoms with Crippen molar-refractivity contribution >= 4 is 16.7 Å². The fraction of sp³-hybridized carbons (Fsp3) is 0.400. The van der Waals surface area contributed by atoms with Gasteiger partial charge in [0.25, 0.3) is 0 Å². The van der Waals surface area contributed by atoms with Gasteiger partial charge in [0, 0.05) is 24.3 Å². The van der Waals surface area contributed by atoms with Crippen LogP contribution in [0.4, 0.5) is 0 Å². The molecule has 0 saturated carbocycles. The monoisotopic (exact) mass is 390 g/mol. The van der Waals surface area contributed by atoms with E-state index in [2.05, 4.69) is 47.6 Å². The van der Waals surface area contributed by atoms with Crippen LogP contribution < -0.4 is 4.74 Å². The summed E-state index contributed by atoms with van der Waals surface area (Å²) in [5, 5.41) is 2.29. The lowest BCUT2D eigenvalue weighted by Gasteiger charge is -2.31. The quantitative estimate of drug-likeness (QED) is 0.549. The number of methoxy groups -OCH3 is 1. The summed E-state index contributed by atoms with van der Waals surface area (Å²) in [6.45, 7) is 5.18. The summed E-state index contributed by atoms with van der Waals surface area (Å²) < 4.78 is 7.64. The van der Waals surface area contributed by atoms with Crippen LogP contribution in [0.25, 0.3) is 10.8 Å². The van der Waals surface area contributed by atoms with Crippen LogP contribution in [-0.4, -0.2) is 29.0 Å². The minimum Gasteiger partial charge on any atom is -0.496 e. The van der Waals surface area contributed by atoms with Crippen molar-refractivity contribution in [2.24, 2.45) is 5.92 Å². The molecular weight excluding hydrogens is 360 g/mol. The molecule has 1 fully saturated rings. The first-order valence-electron chi connectivity index (χ1n) is 10.6. The summed E-state index contributed by atoms with van der Waals surface area (Å²) in [5.41, 5.74) is 1.23. The van der Waals surface area contributed by atoms with Crippen molar-refractivity contribution in [2.45, 2.75) is 45.2 Å². The van der Waals surface area contributed by atoms with Gasteiger partial charge in [0.2, 0.25) is 5.91 Å². The van der Waals surface area contributed by atoms with Gasteiger partial charge in [-0.15, -0.1) is 0 Å². The molecule has 1 aromatic heterocycles. The highest BCUT2D eigenvalue weighted by molar-refractivity contribution is 5.92. The van der Waals surface area contributed by atoms with Crippen LogP contribution in [-0.2, 0) is 4.79 Å². The SMILES string of the molecule is COc1ccc([C@H]2CCCN2C(=O)[C@@H](CC(C)C)n2cccc2)c2ccccc12. The van der Waals surface area contributed by atoms with Gasteiger partial charge in [-0.1, -0.05) is 44.2 Å². The Morgan fingerprint density at radius 2 is 1.79 bits per heavy atom. The number of ether oxygens (including phenoxy) is 1. The Labute approximate surface area is 173 Å². The van der Waals surface area contributed by atoms with Crippen molar-refractivity contribution in [3.8, 4) is 5.75 Å². The topological polar surface area (TPSA) is 34.5 Å². The molecule has 0 radical (unpaired) electrons. The molecule has 152 valence electrons. The van der Waals surface area contributed by atoms with E-state index in [1.165, 1.54) is 10.9 Å². The van der Waals surface area contributed by atoms with Crippen LogP contribution in [0.3, 0.4) is 0 Å². The highest BCUT2D eigenvalue weighted by Gasteiger charge is 2.35. The maximum atomic E-state index is 13.7. The smallest absolute Gasteiger partial charge is 0.246 e. The second-order valence-electron chi connectivity index (χ2n) is 8.37. The first-order chi connectivity index (χ1) is 14.1. The van der Waals surface area contributed by atoms with Crippen LogP contribution >= 0.6 is 0 Å². The molecular formula is C25H30N2O2. The van der Waals surface area contributed by atoms with Gasteiger partial charge in [0.1, 0.15) is 11.8 Å². The Kier molecular flexibility index (Phi) is 5.61.